The second kappa shape index (κ2) is 5.78. The molecule has 0 radical (unpaired) electrons. The third kappa shape index (κ3) is 2.74. The molecule has 1 aromatic heterocycles. The Bertz CT molecular complexity index is 782. The molecule has 0 aliphatic carbocycles. The number of halogens is 2. The molecule has 0 unspecified atom stereocenters. The SMILES string of the molecule is CCc1oc2ccccc2c1CNc1cc(F)ccc1Cl. The van der Waals surface area contributed by atoms with Crippen molar-refractivity contribution in [3.05, 3.63) is 64.6 Å². The molecule has 0 fully saturated rings. The Morgan fingerprint density at radius 3 is 2.81 bits per heavy atom. The summed E-state index contributed by atoms with van der Waals surface area (Å²) in [5.74, 6) is 0.630. The fourth-order valence-electron chi connectivity index (χ4n) is 2.45. The maximum absolute atomic E-state index is 13.3. The van der Waals surface area contributed by atoms with Gasteiger partial charge in [-0.2, -0.15) is 0 Å². The number of anilines is 1. The largest absolute Gasteiger partial charge is 0.461 e. The number of fused-ring (bicyclic) bond motifs is 1. The molecule has 0 bridgehead atoms. The molecule has 108 valence electrons. The van der Waals surface area contributed by atoms with Crippen LogP contribution in [0.15, 0.2) is 46.9 Å². The predicted molar refractivity (Wildman–Crippen MR) is 84.3 cm³/mol. The minimum atomic E-state index is -0.310. The maximum Gasteiger partial charge on any atom is 0.134 e. The van der Waals surface area contributed by atoms with E-state index in [2.05, 4.69) is 12.2 Å². The molecular formula is C17H15ClFNO. The molecule has 2 aromatic carbocycles. The minimum Gasteiger partial charge on any atom is -0.461 e. The standard InChI is InChI=1S/C17H15ClFNO/c1-2-16-13(12-5-3-4-6-17(12)21-16)10-20-15-9-11(19)7-8-14(15)18/h3-9,20H,2,10H2,1H3. The number of hydrogen-bond acceptors (Lipinski definition) is 2. The number of rotatable bonds is 4. The molecule has 0 spiro atoms. The highest BCUT2D eigenvalue weighted by molar-refractivity contribution is 6.33. The minimum absolute atomic E-state index is 0.310. The molecular weight excluding hydrogens is 289 g/mol. The Labute approximate surface area is 127 Å². The van der Waals surface area contributed by atoms with Crippen LogP contribution in [0.1, 0.15) is 18.2 Å². The molecule has 0 aliphatic heterocycles. The zero-order chi connectivity index (χ0) is 14.8. The van der Waals surface area contributed by atoms with Gasteiger partial charge in [-0.3, -0.25) is 0 Å². The van der Waals surface area contributed by atoms with Crippen molar-refractivity contribution in [2.75, 3.05) is 5.32 Å². The number of aryl methyl sites for hydroxylation is 1. The van der Waals surface area contributed by atoms with Gasteiger partial charge >= 0.3 is 0 Å². The summed E-state index contributed by atoms with van der Waals surface area (Å²) >= 11 is 6.08. The quantitative estimate of drug-likeness (QED) is 0.698. The van der Waals surface area contributed by atoms with Crippen LogP contribution in [0.5, 0.6) is 0 Å². The van der Waals surface area contributed by atoms with Crippen LogP contribution in [0, 0.1) is 5.82 Å². The first kappa shape index (κ1) is 14.0. The van der Waals surface area contributed by atoms with E-state index in [0.717, 1.165) is 28.7 Å². The number of benzene rings is 2. The fourth-order valence-corrected chi connectivity index (χ4v) is 2.63. The Morgan fingerprint density at radius 1 is 1.19 bits per heavy atom. The van der Waals surface area contributed by atoms with Crippen molar-refractivity contribution in [1.29, 1.82) is 0 Å². The van der Waals surface area contributed by atoms with Crippen LogP contribution in [0.25, 0.3) is 11.0 Å². The summed E-state index contributed by atoms with van der Waals surface area (Å²) in [7, 11) is 0. The van der Waals surface area contributed by atoms with Gasteiger partial charge in [-0.05, 0) is 24.3 Å². The number of hydrogen-bond donors (Lipinski definition) is 1. The van der Waals surface area contributed by atoms with Crippen molar-refractivity contribution in [3.8, 4) is 0 Å². The predicted octanol–water partition coefficient (Wildman–Crippen LogP) is 5.40. The summed E-state index contributed by atoms with van der Waals surface area (Å²) in [6, 6.07) is 12.2. The van der Waals surface area contributed by atoms with E-state index >= 15 is 0 Å². The van der Waals surface area contributed by atoms with Gasteiger partial charge in [0.05, 0.1) is 10.7 Å². The first-order valence-corrected chi connectivity index (χ1v) is 7.25. The average Bonchev–Trinajstić information content (AvgIpc) is 2.86. The third-order valence-electron chi connectivity index (χ3n) is 3.49. The number of nitrogens with one attached hydrogen (secondary N) is 1. The van der Waals surface area contributed by atoms with E-state index in [4.69, 9.17) is 16.0 Å². The van der Waals surface area contributed by atoms with E-state index in [1.54, 1.807) is 6.07 Å². The van der Waals surface area contributed by atoms with E-state index in [9.17, 15) is 4.39 Å². The molecule has 0 saturated carbocycles. The van der Waals surface area contributed by atoms with Gasteiger partial charge in [0.25, 0.3) is 0 Å². The lowest BCUT2D eigenvalue weighted by Gasteiger charge is -2.08. The molecule has 0 saturated heterocycles. The van der Waals surface area contributed by atoms with Crippen molar-refractivity contribution in [2.45, 2.75) is 19.9 Å². The molecule has 0 amide bonds. The normalized spacial score (nSPS) is 11.0. The maximum atomic E-state index is 13.3. The first-order valence-electron chi connectivity index (χ1n) is 6.87. The van der Waals surface area contributed by atoms with E-state index in [0.29, 0.717) is 17.3 Å². The number of furan rings is 1. The van der Waals surface area contributed by atoms with Crippen LogP contribution < -0.4 is 5.32 Å². The highest BCUT2D eigenvalue weighted by Gasteiger charge is 2.12. The molecule has 21 heavy (non-hydrogen) atoms. The lowest BCUT2D eigenvalue weighted by Crippen LogP contribution is -2.02. The zero-order valence-corrected chi connectivity index (χ0v) is 12.4. The third-order valence-corrected chi connectivity index (χ3v) is 3.82. The van der Waals surface area contributed by atoms with Crippen LogP contribution in [0.4, 0.5) is 10.1 Å². The molecule has 1 N–H and O–H groups in total. The van der Waals surface area contributed by atoms with Gasteiger partial charge in [-0.25, -0.2) is 4.39 Å². The summed E-state index contributed by atoms with van der Waals surface area (Å²) < 4.78 is 19.1. The van der Waals surface area contributed by atoms with Crippen LogP contribution in [0.2, 0.25) is 5.02 Å². The molecule has 3 aromatic rings. The van der Waals surface area contributed by atoms with Gasteiger partial charge in [0.2, 0.25) is 0 Å². The van der Waals surface area contributed by atoms with E-state index in [-0.39, 0.29) is 5.82 Å². The first-order chi connectivity index (χ1) is 10.2. The highest BCUT2D eigenvalue weighted by atomic mass is 35.5. The highest BCUT2D eigenvalue weighted by Crippen LogP contribution is 2.28. The van der Waals surface area contributed by atoms with Crippen LogP contribution in [-0.2, 0) is 13.0 Å². The molecule has 3 rings (SSSR count). The van der Waals surface area contributed by atoms with Crippen LogP contribution >= 0.6 is 11.6 Å². The zero-order valence-electron chi connectivity index (χ0n) is 11.6. The molecule has 4 heteroatoms. The van der Waals surface area contributed by atoms with Gasteiger partial charge < -0.3 is 9.73 Å². The number of para-hydroxylation sites is 1. The Kier molecular flexibility index (Phi) is 3.84. The van der Waals surface area contributed by atoms with Gasteiger partial charge in [-0.1, -0.05) is 36.7 Å². The molecule has 0 atom stereocenters. The topological polar surface area (TPSA) is 25.2 Å². The van der Waals surface area contributed by atoms with Crippen LogP contribution in [-0.4, -0.2) is 0 Å². The van der Waals surface area contributed by atoms with Crippen LogP contribution in [0.3, 0.4) is 0 Å². The average molecular weight is 304 g/mol. The summed E-state index contributed by atoms with van der Waals surface area (Å²) in [5.41, 5.74) is 2.55. The van der Waals surface area contributed by atoms with Crippen molar-refractivity contribution >= 4 is 28.3 Å². The Hall–Kier alpha value is -2.00. The summed E-state index contributed by atoms with van der Waals surface area (Å²) in [6.45, 7) is 2.60. The molecule has 1 heterocycles. The molecule has 2 nitrogen and oxygen atoms in total. The van der Waals surface area contributed by atoms with Crippen molar-refractivity contribution in [2.24, 2.45) is 0 Å². The smallest absolute Gasteiger partial charge is 0.134 e. The Morgan fingerprint density at radius 2 is 2.00 bits per heavy atom. The van der Waals surface area contributed by atoms with E-state index in [1.165, 1.54) is 12.1 Å². The molecule has 0 aliphatic rings. The fraction of sp³-hybridized carbons (Fsp3) is 0.176. The Balaban J connectivity index is 1.93. The summed E-state index contributed by atoms with van der Waals surface area (Å²) in [6.07, 6.45) is 0.808. The monoisotopic (exact) mass is 303 g/mol. The van der Waals surface area contributed by atoms with Gasteiger partial charge in [-0.15, -0.1) is 0 Å². The van der Waals surface area contributed by atoms with E-state index < -0.39 is 0 Å². The van der Waals surface area contributed by atoms with Gasteiger partial charge in [0, 0.05) is 23.9 Å². The lowest BCUT2D eigenvalue weighted by molar-refractivity contribution is 0.551. The van der Waals surface area contributed by atoms with Crippen molar-refractivity contribution in [3.63, 3.8) is 0 Å². The van der Waals surface area contributed by atoms with Crippen molar-refractivity contribution in [1.82, 2.24) is 0 Å². The van der Waals surface area contributed by atoms with Gasteiger partial charge in [0.1, 0.15) is 17.2 Å². The van der Waals surface area contributed by atoms with Crippen molar-refractivity contribution < 1.29 is 8.81 Å². The summed E-state index contributed by atoms with van der Waals surface area (Å²) in [4.78, 5) is 0. The summed E-state index contributed by atoms with van der Waals surface area (Å²) in [5, 5.41) is 4.77. The lowest BCUT2D eigenvalue weighted by atomic mass is 10.1. The second-order valence-corrected chi connectivity index (χ2v) is 5.24. The van der Waals surface area contributed by atoms with Gasteiger partial charge in [0.15, 0.2) is 0 Å². The van der Waals surface area contributed by atoms with E-state index in [1.807, 2.05) is 24.3 Å². The second-order valence-electron chi connectivity index (χ2n) is 4.83.